The maximum atomic E-state index is 10.9. The zero-order valence-corrected chi connectivity index (χ0v) is 11.2. The van der Waals surface area contributed by atoms with E-state index < -0.39 is 0 Å². The predicted octanol–water partition coefficient (Wildman–Crippen LogP) is 4.20. The average Bonchev–Trinajstić information content (AvgIpc) is 2.48. The summed E-state index contributed by atoms with van der Waals surface area (Å²) in [6, 6.07) is 11.3. The molecule has 98 valence electrons. The van der Waals surface area contributed by atoms with Gasteiger partial charge in [0.05, 0.1) is 5.56 Å². The van der Waals surface area contributed by atoms with Crippen LogP contribution in [0.3, 0.4) is 0 Å². The van der Waals surface area contributed by atoms with Crippen molar-refractivity contribution in [2.45, 2.75) is 26.2 Å². The third kappa shape index (κ3) is 3.19. The van der Waals surface area contributed by atoms with Crippen LogP contribution in [0.4, 0.5) is 0 Å². The SMILES string of the molecule is CCC(C)c1ccc(Oc2ncccc2C=O)cc1. The summed E-state index contributed by atoms with van der Waals surface area (Å²) in [5.74, 6) is 1.57. The number of rotatable bonds is 5. The molecule has 0 aliphatic heterocycles. The molecule has 1 atom stereocenters. The van der Waals surface area contributed by atoms with Crippen molar-refractivity contribution >= 4 is 6.29 Å². The van der Waals surface area contributed by atoms with Crippen LogP contribution in [0.5, 0.6) is 11.6 Å². The summed E-state index contributed by atoms with van der Waals surface area (Å²) in [6.07, 6.45) is 3.46. The number of benzene rings is 1. The number of nitrogens with zero attached hydrogens (tertiary/aromatic N) is 1. The van der Waals surface area contributed by atoms with E-state index in [4.69, 9.17) is 4.74 Å². The third-order valence-corrected chi connectivity index (χ3v) is 3.20. The van der Waals surface area contributed by atoms with E-state index in [1.807, 2.05) is 24.3 Å². The molecule has 1 aromatic carbocycles. The Morgan fingerprint density at radius 2 is 2.00 bits per heavy atom. The van der Waals surface area contributed by atoms with Crippen LogP contribution in [0.25, 0.3) is 0 Å². The highest BCUT2D eigenvalue weighted by Gasteiger charge is 2.06. The van der Waals surface area contributed by atoms with Crippen LogP contribution in [0.2, 0.25) is 0 Å². The van der Waals surface area contributed by atoms with Gasteiger partial charge in [0.15, 0.2) is 6.29 Å². The van der Waals surface area contributed by atoms with Gasteiger partial charge >= 0.3 is 0 Å². The molecule has 2 aromatic rings. The van der Waals surface area contributed by atoms with E-state index in [1.54, 1.807) is 18.3 Å². The van der Waals surface area contributed by atoms with Crippen LogP contribution in [0.1, 0.15) is 42.1 Å². The van der Waals surface area contributed by atoms with Crippen LogP contribution in [0.15, 0.2) is 42.6 Å². The van der Waals surface area contributed by atoms with E-state index in [-0.39, 0.29) is 0 Å². The lowest BCUT2D eigenvalue weighted by molar-refractivity contribution is 0.112. The molecule has 1 heterocycles. The molecule has 0 bridgehead atoms. The quantitative estimate of drug-likeness (QED) is 0.752. The number of carbonyl (C=O) groups is 1. The molecule has 19 heavy (non-hydrogen) atoms. The van der Waals surface area contributed by atoms with Gasteiger partial charge in [-0.1, -0.05) is 26.0 Å². The van der Waals surface area contributed by atoms with Gasteiger partial charge in [-0.05, 0) is 42.2 Å². The minimum atomic E-state index is 0.341. The second-order valence-electron chi connectivity index (χ2n) is 4.50. The monoisotopic (exact) mass is 255 g/mol. The molecule has 0 saturated carbocycles. The van der Waals surface area contributed by atoms with Crippen molar-refractivity contribution in [1.29, 1.82) is 0 Å². The lowest BCUT2D eigenvalue weighted by atomic mass is 9.99. The van der Waals surface area contributed by atoms with E-state index in [2.05, 4.69) is 18.8 Å². The highest BCUT2D eigenvalue weighted by atomic mass is 16.5. The topological polar surface area (TPSA) is 39.2 Å². The molecule has 0 spiro atoms. The standard InChI is InChI=1S/C16H17NO2/c1-3-12(2)13-6-8-15(9-7-13)19-16-14(11-18)5-4-10-17-16/h4-12H,3H2,1-2H3. The first-order valence-electron chi connectivity index (χ1n) is 6.42. The van der Waals surface area contributed by atoms with Gasteiger partial charge in [0.25, 0.3) is 0 Å². The van der Waals surface area contributed by atoms with Crippen molar-refractivity contribution in [3.05, 3.63) is 53.7 Å². The zero-order chi connectivity index (χ0) is 13.7. The minimum absolute atomic E-state index is 0.341. The maximum Gasteiger partial charge on any atom is 0.229 e. The van der Waals surface area contributed by atoms with Gasteiger partial charge in [-0.25, -0.2) is 4.98 Å². The van der Waals surface area contributed by atoms with E-state index >= 15 is 0 Å². The van der Waals surface area contributed by atoms with Gasteiger partial charge in [-0.2, -0.15) is 0 Å². The van der Waals surface area contributed by atoms with Gasteiger partial charge in [0, 0.05) is 6.20 Å². The summed E-state index contributed by atoms with van der Waals surface area (Å²) in [6.45, 7) is 4.36. The second-order valence-corrected chi connectivity index (χ2v) is 4.50. The molecule has 0 radical (unpaired) electrons. The molecule has 3 heteroatoms. The van der Waals surface area contributed by atoms with Crippen LogP contribution >= 0.6 is 0 Å². The van der Waals surface area contributed by atoms with Crippen molar-refractivity contribution in [3.63, 3.8) is 0 Å². The maximum absolute atomic E-state index is 10.9. The fourth-order valence-electron chi connectivity index (χ4n) is 1.79. The van der Waals surface area contributed by atoms with E-state index in [9.17, 15) is 4.79 Å². The number of pyridine rings is 1. The van der Waals surface area contributed by atoms with Gasteiger partial charge in [-0.3, -0.25) is 4.79 Å². The molecule has 3 nitrogen and oxygen atoms in total. The normalized spacial score (nSPS) is 11.9. The second kappa shape index (κ2) is 6.14. The summed E-state index contributed by atoms with van der Waals surface area (Å²) >= 11 is 0. The van der Waals surface area contributed by atoms with Crippen LogP contribution in [-0.2, 0) is 0 Å². The largest absolute Gasteiger partial charge is 0.438 e. The molecule has 0 saturated heterocycles. The molecule has 0 aliphatic carbocycles. The summed E-state index contributed by atoms with van der Waals surface area (Å²) in [5.41, 5.74) is 1.74. The third-order valence-electron chi connectivity index (χ3n) is 3.20. The Hall–Kier alpha value is -2.16. The number of hydrogen-bond donors (Lipinski definition) is 0. The summed E-state index contributed by atoms with van der Waals surface area (Å²) in [7, 11) is 0. The minimum Gasteiger partial charge on any atom is -0.438 e. The Balaban J connectivity index is 2.17. The molecule has 2 rings (SSSR count). The van der Waals surface area contributed by atoms with E-state index in [0.717, 1.165) is 12.7 Å². The molecule has 1 unspecified atom stereocenters. The van der Waals surface area contributed by atoms with Crippen molar-refractivity contribution < 1.29 is 9.53 Å². The lowest BCUT2D eigenvalue weighted by Crippen LogP contribution is -1.94. The van der Waals surface area contributed by atoms with Crippen molar-refractivity contribution in [3.8, 4) is 11.6 Å². The lowest BCUT2D eigenvalue weighted by Gasteiger charge is -2.10. The molecule has 0 amide bonds. The van der Waals surface area contributed by atoms with Crippen molar-refractivity contribution in [1.82, 2.24) is 4.98 Å². The van der Waals surface area contributed by atoms with Gasteiger partial charge in [0.2, 0.25) is 5.88 Å². The fourth-order valence-corrected chi connectivity index (χ4v) is 1.79. The Morgan fingerprint density at radius 3 is 2.63 bits per heavy atom. The first-order valence-corrected chi connectivity index (χ1v) is 6.42. The number of aromatic nitrogens is 1. The van der Waals surface area contributed by atoms with Crippen LogP contribution < -0.4 is 4.74 Å². The Bertz CT molecular complexity index is 549. The van der Waals surface area contributed by atoms with Crippen molar-refractivity contribution in [2.24, 2.45) is 0 Å². The number of ether oxygens (including phenoxy) is 1. The van der Waals surface area contributed by atoms with E-state index in [1.165, 1.54) is 5.56 Å². The molecular formula is C16H17NO2. The average molecular weight is 255 g/mol. The smallest absolute Gasteiger partial charge is 0.229 e. The zero-order valence-electron chi connectivity index (χ0n) is 11.2. The van der Waals surface area contributed by atoms with E-state index in [0.29, 0.717) is 23.1 Å². The summed E-state index contributed by atoms with van der Waals surface area (Å²) in [5, 5.41) is 0. The van der Waals surface area contributed by atoms with Gasteiger partial charge in [0.1, 0.15) is 5.75 Å². The summed E-state index contributed by atoms with van der Waals surface area (Å²) < 4.78 is 5.63. The predicted molar refractivity (Wildman–Crippen MR) is 74.8 cm³/mol. The Labute approximate surface area is 113 Å². The Kier molecular flexibility index (Phi) is 4.29. The molecule has 1 aromatic heterocycles. The van der Waals surface area contributed by atoms with Crippen LogP contribution in [0, 0.1) is 0 Å². The molecule has 0 N–H and O–H groups in total. The highest BCUT2D eigenvalue weighted by molar-refractivity contribution is 5.78. The Morgan fingerprint density at radius 1 is 1.26 bits per heavy atom. The molecular weight excluding hydrogens is 238 g/mol. The molecule has 0 fully saturated rings. The molecule has 0 aliphatic rings. The van der Waals surface area contributed by atoms with Crippen LogP contribution in [-0.4, -0.2) is 11.3 Å². The highest BCUT2D eigenvalue weighted by Crippen LogP contribution is 2.25. The number of aldehydes is 1. The number of hydrogen-bond acceptors (Lipinski definition) is 3. The van der Waals surface area contributed by atoms with Crippen molar-refractivity contribution in [2.75, 3.05) is 0 Å². The first-order chi connectivity index (χ1) is 9.24. The first kappa shape index (κ1) is 13.3. The summed E-state index contributed by atoms with van der Waals surface area (Å²) in [4.78, 5) is 14.9. The van der Waals surface area contributed by atoms with Gasteiger partial charge < -0.3 is 4.74 Å². The fraction of sp³-hybridized carbons (Fsp3) is 0.250. The van der Waals surface area contributed by atoms with Gasteiger partial charge in [-0.15, -0.1) is 0 Å². The number of carbonyl (C=O) groups excluding carboxylic acids is 1.